The van der Waals surface area contributed by atoms with E-state index in [9.17, 15) is 5.11 Å². The molecule has 0 saturated carbocycles. The van der Waals surface area contributed by atoms with Crippen LogP contribution in [0.2, 0.25) is 0 Å². The van der Waals surface area contributed by atoms with Crippen molar-refractivity contribution in [1.29, 1.82) is 0 Å². The SMILES string of the molecule is OCC1(c2nc(-c3ccncc3)cs2)COC1. The van der Waals surface area contributed by atoms with E-state index in [0.717, 1.165) is 16.3 Å². The number of nitrogens with zero attached hydrogens (tertiary/aromatic N) is 2. The maximum Gasteiger partial charge on any atom is 0.106 e. The van der Waals surface area contributed by atoms with Gasteiger partial charge in [-0.2, -0.15) is 0 Å². The molecule has 88 valence electrons. The van der Waals surface area contributed by atoms with E-state index in [2.05, 4.69) is 9.97 Å². The molecule has 17 heavy (non-hydrogen) atoms. The zero-order chi connectivity index (χ0) is 11.7. The minimum atomic E-state index is -0.268. The van der Waals surface area contributed by atoms with Gasteiger partial charge in [-0.3, -0.25) is 4.98 Å². The van der Waals surface area contributed by atoms with E-state index < -0.39 is 0 Å². The van der Waals surface area contributed by atoms with Crippen LogP contribution in [0.5, 0.6) is 0 Å². The summed E-state index contributed by atoms with van der Waals surface area (Å²) in [5, 5.41) is 12.4. The Morgan fingerprint density at radius 1 is 1.35 bits per heavy atom. The molecule has 1 N–H and O–H groups in total. The smallest absolute Gasteiger partial charge is 0.106 e. The van der Waals surface area contributed by atoms with Crippen LogP contribution in [0.3, 0.4) is 0 Å². The number of hydrogen-bond acceptors (Lipinski definition) is 5. The van der Waals surface area contributed by atoms with Crippen LogP contribution >= 0.6 is 11.3 Å². The second kappa shape index (κ2) is 4.18. The average Bonchev–Trinajstić information content (AvgIpc) is 2.80. The van der Waals surface area contributed by atoms with Crippen LogP contribution in [0, 0.1) is 0 Å². The number of ether oxygens (including phenoxy) is 1. The zero-order valence-corrected chi connectivity index (χ0v) is 9.98. The predicted octanol–water partition coefficient (Wildman–Crippen LogP) is 1.47. The van der Waals surface area contributed by atoms with Gasteiger partial charge in [0.05, 0.1) is 30.9 Å². The van der Waals surface area contributed by atoms with Crippen molar-refractivity contribution < 1.29 is 9.84 Å². The van der Waals surface area contributed by atoms with Crippen molar-refractivity contribution >= 4 is 11.3 Å². The molecule has 5 heteroatoms. The molecule has 1 fully saturated rings. The van der Waals surface area contributed by atoms with E-state index in [4.69, 9.17) is 4.74 Å². The maximum absolute atomic E-state index is 9.45. The van der Waals surface area contributed by atoms with E-state index in [1.165, 1.54) is 0 Å². The lowest BCUT2D eigenvalue weighted by molar-refractivity contribution is -0.0841. The summed E-state index contributed by atoms with van der Waals surface area (Å²) >= 11 is 1.58. The highest BCUT2D eigenvalue weighted by atomic mass is 32.1. The molecule has 0 unspecified atom stereocenters. The van der Waals surface area contributed by atoms with Crippen LogP contribution in [0.25, 0.3) is 11.3 Å². The van der Waals surface area contributed by atoms with Gasteiger partial charge < -0.3 is 9.84 Å². The monoisotopic (exact) mass is 248 g/mol. The summed E-state index contributed by atoms with van der Waals surface area (Å²) in [5.74, 6) is 0. The van der Waals surface area contributed by atoms with Gasteiger partial charge in [-0.15, -0.1) is 11.3 Å². The lowest BCUT2D eigenvalue weighted by Gasteiger charge is -2.37. The Balaban J connectivity index is 1.93. The highest BCUT2D eigenvalue weighted by Gasteiger charge is 2.42. The quantitative estimate of drug-likeness (QED) is 0.893. The Morgan fingerprint density at radius 2 is 2.12 bits per heavy atom. The first kappa shape index (κ1) is 10.8. The standard InChI is InChI=1S/C12H12N2O2S/c15-6-12(7-16-8-12)11-14-10(5-17-11)9-1-3-13-4-2-9/h1-5,15H,6-8H2. The van der Waals surface area contributed by atoms with Crippen LogP contribution in [-0.2, 0) is 10.2 Å². The first-order valence-electron chi connectivity index (χ1n) is 5.39. The lowest BCUT2D eigenvalue weighted by Crippen LogP contribution is -2.49. The second-order valence-electron chi connectivity index (χ2n) is 4.21. The van der Waals surface area contributed by atoms with Crippen LogP contribution < -0.4 is 0 Å². The zero-order valence-electron chi connectivity index (χ0n) is 9.17. The van der Waals surface area contributed by atoms with Crippen molar-refractivity contribution in [1.82, 2.24) is 9.97 Å². The third-order valence-corrected chi connectivity index (χ3v) is 4.08. The molecular weight excluding hydrogens is 236 g/mol. The minimum absolute atomic E-state index is 0.0936. The third-order valence-electron chi connectivity index (χ3n) is 2.99. The van der Waals surface area contributed by atoms with Crippen molar-refractivity contribution in [3.8, 4) is 11.3 Å². The highest BCUT2D eigenvalue weighted by Crippen LogP contribution is 2.35. The molecule has 0 aromatic carbocycles. The maximum atomic E-state index is 9.45. The van der Waals surface area contributed by atoms with Crippen molar-refractivity contribution in [3.63, 3.8) is 0 Å². The van der Waals surface area contributed by atoms with Gasteiger partial charge in [-0.1, -0.05) is 0 Å². The summed E-state index contributed by atoms with van der Waals surface area (Å²) in [6.45, 7) is 1.22. The summed E-state index contributed by atoms with van der Waals surface area (Å²) in [6.07, 6.45) is 3.51. The van der Waals surface area contributed by atoms with Crippen LogP contribution in [0.4, 0.5) is 0 Å². The number of aromatic nitrogens is 2. The fraction of sp³-hybridized carbons (Fsp3) is 0.333. The van der Waals surface area contributed by atoms with Crippen molar-refractivity contribution in [2.24, 2.45) is 0 Å². The molecule has 1 saturated heterocycles. The molecule has 0 spiro atoms. The number of aliphatic hydroxyl groups excluding tert-OH is 1. The van der Waals surface area contributed by atoms with Gasteiger partial charge in [0.15, 0.2) is 0 Å². The van der Waals surface area contributed by atoms with Crippen molar-refractivity contribution in [2.75, 3.05) is 19.8 Å². The number of aliphatic hydroxyl groups is 1. The van der Waals surface area contributed by atoms with Gasteiger partial charge in [0, 0.05) is 23.3 Å². The second-order valence-corrected chi connectivity index (χ2v) is 5.06. The molecule has 0 radical (unpaired) electrons. The Labute approximate surface area is 103 Å². The Kier molecular flexibility index (Phi) is 2.66. The van der Waals surface area contributed by atoms with Crippen molar-refractivity contribution in [2.45, 2.75) is 5.41 Å². The van der Waals surface area contributed by atoms with Gasteiger partial charge in [-0.25, -0.2) is 4.98 Å². The van der Waals surface area contributed by atoms with Gasteiger partial charge >= 0.3 is 0 Å². The fourth-order valence-electron chi connectivity index (χ4n) is 1.80. The molecule has 1 aliphatic heterocycles. The molecular formula is C12H12N2O2S. The Morgan fingerprint density at radius 3 is 2.71 bits per heavy atom. The molecule has 1 aliphatic rings. The minimum Gasteiger partial charge on any atom is -0.395 e. The summed E-state index contributed by atoms with van der Waals surface area (Å²) in [7, 11) is 0. The normalized spacial score (nSPS) is 17.7. The molecule has 0 bridgehead atoms. The molecule has 0 aliphatic carbocycles. The highest BCUT2D eigenvalue weighted by molar-refractivity contribution is 7.10. The molecule has 2 aromatic heterocycles. The van der Waals surface area contributed by atoms with E-state index in [1.807, 2.05) is 17.5 Å². The average molecular weight is 248 g/mol. The van der Waals surface area contributed by atoms with Crippen LogP contribution in [0.1, 0.15) is 5.01 Å². The summed E-state index contributed by atoms with van der Waals surface area (Å²) in [4.78, 5) is 8.58. The molecule has 3 heterocycles. The number of hydrogen-bond donors (Lipinski definition) is 1. The molecule has 4 nitrogen and oxygen atoms in total. The van der Waals surface area contributed by atoms with E-state index in [-0.39, 0.29) is 12.0 Å². The molecule has 2 aromatic rings. The fourth-order valence-corrected chi connectivity index (χ4v) is 2.80. The van der Waals surface area contributed by atoms with E-state index in [1.54, 1.807) is 23.7 Å². The molecule has 0 amide bonds. The first-order chi connectivity index (χ1) is 8.34. The van der Waals surface area contributed by atoms with Crippen LogP contribution in [-0.4, -0.2) is 34.9 Å². The number of thiazole rings is 1. The van der Waals surface area contributed by atoms with Crippen LogP contribution in [0.15, 0.2) is 29.9 Å². The predicted molar refractivity (Wildman–Crippen MR) is 64.9 cm³/mol. The van der Waals surface area contributed by atoms with Gasteiger partial charge in [-0.05, 0) is 12.1 Å². The summed E-state index contributed by atoms with van der Waals surface area (Å²) in [6, 6.07) is 3.86. The first-order valence-corrected chi connectivity index (χ1v) is 6.27. The van der Waals surface area contributed by atoms with Gasteiger partial charge in [0.1, 0.15) is 5.01 Å². The lowest BCUT2D eigenvalue weighted by atomic mass is 9.88. The molecule has 3 rings (SSSR count). The topological polar surface area (TPSA) is 55.2 Å². The number of rotatable bonds is 3. The Hall–Kier alpha value is -1.30. The third kappa shape index (κ3) is 1.76. The largest absolute Gasteiger partial charge is 0.395 e. The van der Waals surface area contributed by atoms with Gasteiger partial charge in [0.2, 0.25) is 0 Å². The van der Waals surface area contributed by atoms with E-state index >= 15 is 0 Å². The van der Waals surface area contributed by atoms with E-state index in [0.29, 0.717) is 13.2 Å². The summed E-state index contributed by atoms with van der Waals surface area (Å²) in [5.41, 5.74) is 1.72. The number of pyridine rings is 1. The molecule has 0 atom stereocenters. The van der Waals surface area contributed by atoms with Gasteiger partial charge in [0.25, 0.3) is 0 Å². The van der Waals surface area contributed by atoms with Crippen molar-refractivity contribution in [3.05, 3.63) is 34.9 Å². The summed E-state index contributed by atoms with van der Waals surface area (Å²) < 4.78 is 5.20. The Bertz CT molecular complexity index is 503.